The lowest BCUT2D eigenvalue weighted by molar-refractivity contribution is -0.543. The summed E-state index contributed by atoms with van der Waals surface area (Å²) in [4.78, 5) is 0. The Labute approximate surface area is 175 Å². The van der Waals surface area contributed by atoms with Crippen LogP contribution in [0.15, 0.2) is 24.3 Å². The predicted octanol–water partition coefficient (Wildman–Crippen LogP) is 6.30. The van der Waals surface area contributed by atoms with Crippen LogP contribution >= 0.6 is 0 Å². The van der Waals surface area contributed by atoms with Gasteiger partial charge in [-0.05, 0) is 24.3 Å². The fraction of sp³-hybridized carbons (Fsp3) is 0.571. The van der Waals surface area contributed by atoms with E-state index in [1.807, 2.05) is 0 Å². The van der Waals surface area contributed by atoms with Gasteiger partial charge in [-0.1, -0.05) is 0 Å². The first-order valence-corrected chi connectivity index (χ1v) is 7.64. The lowest BCUT2D eigenvalue weighted by Gasteiger charge is -2.38. The molecule has 1 aromatic carbocycles. The van der Waals surface area contributed by atoms with Gasteiger partial charge in [-0.15, -0.1) is 0 Å². The lowest BCUT2D eigenvalue weighted by Crippen LogP contribution is -2.66. The Morgan fingerprint density at radius 2 is 1.09 bits per heavy atom. The highest BCUT2D eigenvalue weighted by molar-refractivity contribution is 5.30. The van der Waals surface area contributed by atoms with Crippen LogP contribution in [0.1, 0.15) is 0 Å². The number of rotatable bonds is 9. The number of phenolic OH excluding ortho intramolecular Hbond substituents is 1. The van der Waals surface area contributed by atoms with Crippen LogP contribution in [-0.2, 0) is 9.47 Å². The second-order valence-electron chi connectivity index (χ2n) is 5.89. The molecule has 34 heavy (non-hydrogen) atoms. The Kier molecular flexibility index (Phi) is 7.57. The number of phenols is 1. The van der Waals surface area contributed by atoms with Crippen molar-refractivity contribution in [3.63, 3.8) is 0 Å². The summed E-state index contributed by atoms with van der Waals surface area (Å²) in [5, 5.41) is 8.90. The summed E-state index contributed by atoms with van der Waals surface area (Å²) < 4.78 is 214. The van der Waals surface area contributed by atoms with Gasteiger partial charge in [-0.2, -0.15) is 65.9 Å². The molecule has 0 saturated carbocycles. The quantitative estimate of drug-likeness (QED) is 0.372. The average Bonchev–Trinajstić information content (AvgIpc) is 2.60. The molecule has 0 heterocycles. The molecule has 0 aromatic heterocycles. The first-order valence-electron chi connectivity index (χ1n) is 7.64. The van der Waals surface area contributed by atoms with Crippen molar-refractivity contribution in [1.82, 2.24) is 0 Å². The highest BCUT2D eigenvalue weighted by Gasteiger charge is 2.84. The van der Waals surface area contributed by atoms with Crippen molar-refractivity contribution in [2.75, 3.05) is 0 Å². The van der Waals surface area contributed by atoms with Crippen molar-refractivity contribution < 1.29 is 89.6 Å². The standard InChI is InChI=1S/C14H6F16O4/c15-7(8(16,17)32-6-3-1-5(31)2-4-6)33-14(29,30)10(20,12(24,25)26)34-13(27,28)9(18,19)11(21,22)23/h1-4,7,31H. The third-order valence-corrected chi connectivity index (χ3v) is 3.34. The zero-order chi connectivity index (χ0) is 27.2. The van der Waals surface area contributed by atoms with Crippen molar-refractivity contribution in [2.24, 2.45) is 0 Å². The molecule has 0 aliphatic heterocycles. The summed E-state index contributed by atoms with van der Waals surface area (Å²) in [6, 6.07) is 1.93. The Morgan fingerprint density at radius 1 is 0.647 bits per heavy atom. The number of hydrogen-bond donors (Lipinski definition) is 1. The van der Waals surface area contributed by atoms with Gasteiger partial charge < -0.3 is 9.84 Å². The van der Waals surface area contributed by atoms with Crippen LogP contribution in [0.5, 0.6) is 11.5 Å². The molecular weight excluding hydrogens is 536 g/mol. The third kappa shape index (κ3) is 5.63. The van der Waals surface area contributed by atoms with E-state index in [1.165, 1.54) is 4.74 Å². The van der Waals surface area contributed by atoms with Crippen LogP contribution in [0, 0.1) is 0 Å². The Bertz CT molecular complexity index is 834. The van der Waals surface area contributed by atoms with E-state index in [-0.39, 0.29) is 0 Å². The molecule has 20 heteroatoms. The lowest BCUT2D eigenvalue weighted by atomic mass is 10.2. The summed E-state index contributed by atoms with van der Waals surface area (Å²) >= 11 is 0. The van der Waals surface area contributed by atoms with E-state index < -0.39 is 60.3 Å². The average molecular weight is 542 g/mol. The van der Waals surface area contributed by atoms with Crippen molar-refractivity contribution in [2.45, 2.75) is 48.8 Å². The minimum absolute atomic E-state index is 0.395. The van der Waals surface area contributed by atoms with E-state index in [2.05, 4.69) is 9.47 Å². The molecule has 0 fully saturated rings. The summed E-state index contributed by atoms with van der Waals surface area (Å²) in [6.07, 6.45) is -41.5. The summed E-state index contributed by atoms with van der Waals surface area (Å²) in [7, 11) is 0. The second kappa shape index (κ2) is 8.68. The topological polar surface area (TPSA) is 47.9 Å². The van der Waals surface area contributed by atoms with E-state index in [4.69, 9.17) is 5.11 Å². The summed E-state index contributed by atoms with van der Waals surface area (Å²) in [5.41, 5.74) is 0. The van der Waals surface area contributed by atoms with Gasteiger partial charge in [0.25, 0.3) is 0 Å². The molecule has 0 aliphatic rings. The molecule has 0 amide bonds. The number of hydrogen-bond acceptors (Lipinski definition) is 4. The molecule has 198 valence electrons. The molecule has 2 unspecified atom stereocenters. The number of halogens is 16. The SMILES string of the molecule is Oc1ccc(OC(F)(F)C(F)OC(F)(F)C(F)(OC(F)(F)C(F)(F)C(F)(F)F)C(F)(F)F)cc1. The van der Waals surface area contributed by atoms with Crippen LogP contribution in [0.25, 0.3) is 0 Å². The fourth-order valence-corrected chi connectivity index (χ4v) is 1.68. The van der Waals surface area contributed by atoms with Crippen LogP contribution in [-0.4, -0.2) is 53.9 Å². The van der Waals surface area contributed by atoms with Gasteiger partial charge in [0.2, 0.25) is 0 Å². The zero-order valence-corrected chi connectivity index (χ0v) is 15.1. The molecule has 1 rings (SSSR count). The minimum Gasteiger partial charge on any atom is -0.508 e. The molecule has 2 atom stereocenters. The number of ether oxygens (including phenoxy) is 3. The van der Waals surface area contributed by atoms with E-state index in [1.54, 1.807) is 0 Å². The Hall–Kier alpha value is -2.38. The number of alkyl halides is 16. The van der Waals surface area contributed by atoms with Crippen LogP contribution in [0.4, 0.5) is 70.2 Å². The molecule has 1 N–H and O–H groups in total. The number of aromatic hydroxyl groups is 1. The van der Waals surface area contributed by atoms with E-state index >= 15 is 0 Å². The summed E-state index contributed by atoms with van der Waals surface area (Å²) in [6.45, 7) is 0. The van der Waals surface area contributed by atoms with Gasteiger partial charge in [-0.3, -0.25) is 9.47 Å². The van der Waals surface area contributed by atoms with Crippen LogP contribution in [0.2, 0.25) is 0 Å². The third-order valence-electron chi connectivity index (χ3n) is 3.34. The largest absolute Gasteiger partial charge is 0.508 e. The highest BCUT2D eigenvalue weighted by Crippen LogP contribution is 2.55. The van der Waals surface area contributed by atoms with Gasteiger partial charge in [0, 0.05) is 0 Å². The minimum atomic E-state index is -7.76. The molecule has 0 radical (unpaired) electrons. The van der Waals surface area contributed by atoms with Crippen LogP contribution in [0.3, 0.4) is 0 Å². The van der Waals surface area contributed by atoms with Crippen LogP contribution < -0.4 is 4.74 Å². The van der Waals surface area contributed by atoms with Gasteiger partial charge in [-0.25, -0.2) is 4.39 Å². The van der Waals surface area contributed by atoms with E-state index in [0.717, 1.165) is 0 Å². The van der Waals surface area contributed by atoms with Gasteiger partial charge in [0.1, 0.15) is 11.5 Å². The molecular formula is C14H6F16O4. The monoisotopic (exact) mass is 542 g/mol. The molecule has 0 aliphatic carbocycles. The van der Waals surface area contributed by atoms with Crippen molar-refractivity contribution in [1.29, 1.82) is 0 Å². The van der Waals surface area contributed by atoms with E-state index in [9.17, 15) is 70.2 Å². The molecule has 0 spiro atoms. The van der Waals surface area contributed by atoms with E-state index in [0.29, 0.717) is 24.3 Å². The second-order valence-corrected chi connectivity index (χ2v) is 5.89. The Morgan fingerprint density at radius 3 is 1.47 bits per heavy atom. The van der Waals surface area contributed by atoms with Gasteiger partial charge >= 0.3 is 48.8 Å². The Balaban J connectivity index is 3.32. The number of benzene rings is 1. The normalized spacial score (nSPS) is 17.3. The first kappa shape index (κ1) is 29.7. The van der Waals surface area contributed by atoms with Crippen molar-refractivity contribution in [3.05, 3.63) is 24.3 Å². The predicted molar refractivity (Wildman–Crippen MR) is 71.5 cm³/mol. The maximum atomic E-state index is 13.8. The van der Waals surface area contributed by atoms with Crippen molar-refractivity contribution in [3.8, 4) is 11.5 Å². The smallest absolute Gasteiger partial charge is 0.462 e. The van der Waals surface area contributed by atoms with Gasteiger partial charge in [0.15, 0.2) is 0 Å². The fourth-order valence-electron chi connectivity index (χ4n) is 1.68. The molecule has 1 aromatic rings. The molecule has 0 bridgehead atoms. The molecule has 4 nitrogen and oxygen atoms in total. The van der Waals surface area contributed by atoms with Gasteiger partial charge in [0.05, 0.1) is 0 Å². The maximum absolute atomic E-state index is 13.8. The maximum Gasteiger partial charge on any atom is 0.462 e. The summed E-state index contributed by atoms with van der Waals surface area (Å²) in [5.74, 6) is -17.3. The first-order chi connectivity index (χ1) is 14.8. The molecule has 0 saturated heterocycles. The highest BCUT2D eigenvalue weighted by atomic mass is 19.4. The van der Waals surface area contributed by atoms with Crippen molar-refractivity contribution >= 4 is 0 Å². The zero-order valence-electron chi connectivity index (χ0n) is 15.1.